The van der Waals surface area contributed by atoms with Crippen molar-refractivity contribution in [3.05, 3.63) is 41.6 Å². The highest BCUT2D eigenvalue weighted by molar-refractivity contribution is 5.93. The van der Waals surface area contributed by atoms with E-state index in [1.807, 2.05) is 0 Å². The molecular formula is C12H8F6N4O4. The molecule has 0 aliphatic rings. The average molecular weight is 386 g/mol. The van der Waals surface area contributed by atoms with E-state index in [0.717, 1.165) is 12.4 Å². The molecule has 0 aliphatic carbocycles. The minimum atomic E-state index is -5.70. The molecule has 0 spiro atoms. The minimum absolute atomic E-state index is 0.0356. The number of rotatable bonds is 6. The summed E-state index contributed by atoms with van der Waals surface area (Å²) in [5, 5.41) is 14.7. The monoisotopic (exact) mass is 386 g/mol. The van der Waals surface area contributed by atoms with Gasteiger partial charge in [-0.2, -0.15) is 18.6 Å². The van der Waals surface area contributed by atoms with Gasteiger partial charge in [-0.1, -0.05) is 0 Å². The van der Waals surface area contributed by atoms with Crippen molar-refractivity contribution in [3.63, 3.8) is 0 Å². The van der Waals surface area contributed by atoms with Gasteiger partial charge in [-0.25, -0.2) is 13.8 Å². The number of amides is 1. The first-order valence-electron chi connectivity index (χ1n) is 6.43. The number of alkyl halides is 6. The summed E-state index contributed by atoms with van der Waals surface area (Å²) in [7, 11) is 0. The lowest BCUT2D eigenvalue weighted by molar-refractivity contribution is -0.605. The highest BCUT2D eigenvalue weighted by Gasteiger charge is 2.51. The second-order valence-electron chi connectivity index (χ2n) is 4.62. The van der Waals surface area contributed by atoms with Crippen LogP contribution in [0, 0.1) is 5.21 Å². The van der Waals surface area contributed by atoms with Crippen LogP contribution in [-0.4, -0.2) is 34.5 Å². The van der Waals surface area contributed by atoms with Crippen LogP contribution < -0.4 is 15.2 Å². The molecule has 14 heteroatoms. The Hall–Kier alpha value is -3.03. The van der Waals surface area contributed by atoms with E-state index >= 15 is 0 Å². The van der Waals surface area contributed by atoms with Crippen molar-refractivity contribution in [1.82, 2.24) is 9.78 Å². The fraction of sp³-hybridized carbons (Fsp3) is 0.250. The summed E-state index contributed by atoms with van der Waals surface area (Å²) in [6, 6.07) is 2.52. The Kier molecular flexibility index (Phi) is 4.97. The summed E-state index contributed by atoms with van der Waals surface area (Å²) in [4.78, 5) is 11.3. The molecule has 1 unspecified atom stereocenters. The van der Waals surface area contributed by atoms with E-state index in [1.165, 1.54) is 12.1 Å². The third-order valence-electron chi connectivity index (χ3n) is 2.69. The molecule has 2 aromatic rings. The number of hydrogen-bond donors (Lipinski definition) is 1. The van der Waals surface area contributed by atoms with Gasteiger partial charge in [-0.05, 0) is 6.07 Å². The van der Waals surface area contributed by atoms with E-state index in [4.69, 9.17) is 5.73 Å². The fourth-order valence-corrected chi connectivity index (χ4v) is 1.69. The minimum Gasteiger partial charge on any atom is -0.619 e. The van der Waals surface area contributed by atoms with Gasteiger partial charge in [-0.3, -0.25) is 4.79 Å². The molecule has 2 aromatic heterocycles. The van der Waals surface area contributed by atoms with E-state index in [9.17, 15) is 36.3 Å². The van der Waals surface area contributed by atoms with E-state index in [1.54, 1.807) is 0 Å². The number of nitrogens with two attached hydrogens (primary N) is 1. The number of carbonyl (C=O) groups excluding carboxylic acids is 1. The largest absolute Gasteiger partial charge is 0.619 e. The first-order valence-corrected chi connectivity index (χ1v) is 6.43. The number of pyridine rings is 1. The van der Waals surface area contributed by atoms with Crippen LogP contribution in [0.25, 0.3) is 5.69 Å². The molecule has 0 saturated carbocycles. The molecular weight excluding hydrogens is 378 g/mol. The van der Waals surface area contributed by atoms with Crippen LogP contribution in [0.4, 0.5) is 26.3 Å². The van der Waals surface area contributed by atoms with E-state index in [2.05, 4.69) is 14.6 Å². The van der Waals surface area contributed by atoms with Gasteiger partial charge in [0.05, 0.1) is 6.20 Å². The summed E-state index contributed by atoms with van der Waals surface area (Å²) < 4.78 is 83.1. The zero-order valence-corrected chi connectivity index (χ0v) is 12.3. The normalized spacial score (nSPS) is 13.5. The van der Waals surface area contributed by atoms with E-state index in [0.29, 0.717) is 15.6 Å². The van der Waals surface area contributed by atoms with Crippen LogP contribution in [0.5, 0.6) is 5.75 Å². The van der Waals surface area contributed by atoms with Crippen LogP contribution in [0.3, 0.4) is 0 Å². The summed E-state index contributed by atoms with van der Waals surface area (Å²) in [6.45, 7) is 0. The van der Waals surface area contributed by atoms with E-state index in [-0.39, 0.29) is 5.69 Å². The standard InChI is InChI=1S/C12H8F6N4O4/c13-10(26-12(16,17)18)11(14,15)25-7-5-22(20-8(7)9(19)23)6-2-1-3-21(24)4-6/h1-5,10H,(H2,19,23). The Morgan fingerprint density at radius 3 is 2.54 bits per heavy atom. The molecule has 142 valence electrons. The molecule has 0 aliphatic heterocycles. The van der Waals surface area contributed by atoms with Crippen molar-refractivity contribution in [2.45, 2.75) is 18.8 Å². The number of primary amides is 1. The summed E-state index contributed by atoms with van der Waals surface area (Å²) in [5.74, 6) is -2.52. The highest BCUT2D eigenvalue weighted by atomic mass is 19.4. The first-order chi connectivity index (χ1) is 11.9. The zero-order chi connectivity index (χ0) is 19.7. The van der Waals surface area contributed by atoms with Gasteiger partial charge in [0.1, 0.15) is 5.69 Å². The fourth-order valence-electron chi connectivity index (χ4n) is 1.69. The van der Waals surface area contributed by atoms with Gasteiger partial charge in [0.25, 0.3) is 5.91 Å². The molecule has 1 atom stereocenters. The third-order valence-corrected chi connectivity index (χ3v) is 2.69. The zero-order valence-electron chi connectivity index (χ0n) is 12.3. The SMILES string of the molecule is NC(=O)c1nn(-c2ccc[n+]([O-])c2)cc1OC(F)(F)C(F)OC(F)(F)F. The summed E-state index contributed by atoms with van der Waals surface area (Å²) in [5.41, 5.74) is 3.95. The quantitative estimate of drug-likeness (QED) is 0.459. The number of hydrogen-bond acceptors (Lipinski definition) is 5. The molecule has 0 bridgehead atoms. The topological polar surface area (TPSA) is 106 Å². The van der Waals surface area contributed by atoms with Crippen LogP contribution in [0.15, 0.2) is 30.7 Å². The van der Waals surface area contributed by atoms with Crippen LogP contribution >= 0.6 is 0 Å². The lowest BCUT2D eigenvalue weighted by Gasteiger charge is -2.21. The first kappa shape index (κ1) is 19.3. The number of aromatic nitrogens is 3. The Morgan fingerprint density at radius 2 is 2.00 bits per heavy atom. The molecule has 1 amide bonds. The number of carbonyl (C=O) groups is 1. The number of nitrogens with zero attached hydrogens (tertiary/aromatic N) is 3. The molecule has 0 radical (unpaired) electrons. The van der Waals surface area contributed by atoms with Gasteiger partial charge in [-0.15, -0.1) is 13.2 Å². The molecule has 0 saturated heterocycles. The van der Waals surface area contributed by atoms with Crippen molar-refractivity contribution in [2.24, 2.45) is 5.73 Å². The second kappa shape index (κ2) is 6.70. The Bertz CT molecular complexity index is 809. The number of ether oxygens (including phenoxy) is 2. The lowest BCUT2D eigenvalue weighted by Crippen LogP contribution is -2.41. The molecule has 2 heterocycles. The summed E-state index contributed by atoms with van der Waals surface area (Å²) in [6.07, 6.45) is -12.5. The molecule has 8 nitrogen and oxygen atoms in total. The van der Waals surface area contributed by atoms with Crippen LogP contribution in [0.1, 0.15) is 10.5 Å². The molecule has 2 rings (SSSR count). The van der Waals surface area contributed by atoms with Crippen molar-refractivity contribution in [3.8, 4) is 11.4 Å². The van der Waals surface area contributed by atoms with Gasteiger partial charge in [0.15, 0.2) is 17.6 Å². The number of halogens is 6. The molecule has 0 fully saturated rings. The average Bonchev–Trinajstić information content (AvgIpc) is 2.89. The summed E-state index contributed by atoms with van der Waals surface area (Å²) >= 11 is 0. The molecule has 2 N–H and O–H groups in total. The van der Waals surface area contributed by atoms with Crippen molar-refractivity contribution in [2.75, 3.05) is 0 Å². The smallest absolute Gasteiger partial charge is 0.525 e. The van der Waals surface area contributed by atoms with Crippen molar-refractivity contribution < 1.29 is 45.3 Å². The predicted octanol–water partition coefficient (Wildman–Crippen LogP) is 1.41. The van der Waals surface area contributed by atoms with E-state index < -0.39 is 36.2 Å². The Labute approximate surface area is 139 Å². The van der Waals surface area contributed by atoms with Crippen molar-refractivity contribution in [1.29, 1.82) is 0 Å². The maximum atomic E-state index is 13.5. The maximum absolute atomic E-state index is 13.5. The third kappa shape index (κ3) is 4.53. The van der Waals surface area contributed by atoms with Crippen molar-refractivity contribution >= 4 is 5.91 Å². The Morgan fingerprint density at radius 1 is 1.35 bits per heavy atom. The van der Waals surface area contributed by atoms with Gasteiger partial charge < -0.3 is 15.7 Å². The van der Waals surface area contributed by atoms with Crippen LogP contribution in [-0.2, 0) is 4.74 Å². The van der Waals surface area contributed by atoms with Gasteiger partial charge >= 0.3 is 18.8 Å². The molecule has 0 aromatic carbocycles. The maximum Gasteiger partial charge on any atom is 0.525 e. The highest BCUT2D eigenvalue weighted by Crippen LogP contribution is 2.33. The van der Waals surface area contributed by atoms with Gasteiger partial charge in [0, 0.05) is 6.07 Å². The predicted molar refractivity (Wildman–Crippen MR) is 68.7 cm³/mol. The second-order valence-corrected chi connectivity index (χ2v) is 4.62. The van der Waals surface area contributed by atoms with Crippen LogP contribution in [0.2, 0.25) is 0 Å². The lowest BCUT2D eigenvalue weighted by atomic mass is 10.4. The molecule has 26 heavy (non-hydrogen) atoms. The van der Waals surface area contributed by atoms with Gasteiger partial charge in [0.2, 0.25) is 6.20 Å². The Balaban J connectivity index is 2.35.